The average Bonchev–Trinajstić information content (AvgIpc) is 3.00. The summed E-state index contributed by atoms with van der Waals surface area (Å²) in [6, 6.07) is 33.0. The van der Waals surface area contributed by atoms with Crippen LogP contribution in [0.3, 0.4) is 0 Å². The molecule has 0 unspecified atom stereocenters. The lowest BCUT2D eigenvalue weighted by Gasteiger charge is -2.36. The molecule has 0 aliphatic carbocycles. The summed E-state index contributed by atoms with van der Waals surface area (Å²) in [6.45, 7) is 0. The van der Waals surface area contributed by atoms with Gasteiger partial charge in [0.1, 0.15) is 0 Å². The molecule has 5 rings (SSSR count). The van der Waals surface area contributed by atoms with Crippen molar-refractivity contribution in [1.82, 2.24) is 0 Å². The van der Waals surface area contributed by atoms with Crippen molar-refractivity contribution >= 4 is 53.5 Å². The van der Waals surface area contributed by atoms with Crippen molar-refractivity contribution in [3.05, 3.63) is 119 Å². The van der Waals surface area contributed by atoms with Crippen molar-refractivity contribution in [1.29, 1.82) is 0 Å². The first-order valence-electron chi connectivity index (χ1n) is 10.3. The molecule has 0 aromatic heterocycles. The third-order valence-electron chi connectivity index (χ3n) is 6.17. The molecular formula is C28H20O2Si. The lowest BCUT2D eigenvalue weighted by Crippen LogP contribution is -2.75. The fourth-order valence-corrected chi connectivity index (χ4v) is 10.1. The molecule has 0 N–H and O–H groups in total. The maximum Gasteiger partial charge on any atom is 0.180 e. The highest BCUT2D eigenvalue weighted by Crippen LogP contribution is 2.23. The van der Waals surface area contributed by atoms with Crippen molar-refractivity contribution in [3.63, 3.8) is 0 Å². The highest BCUT2D eigenvalue weighted by molar-refractivity contribution is 7.20. The molecule has 31 heavy (non-hydrogen) atoms. The molecular weight excluding hydrogens is 396 g/mol. The Balaban J connectivity index is 2.05. The van der Waals surface area contributed by atoms with E-state index in [1.54, 1.807) is 0 Å². The Morgan fingerprint density at radius 2 is 0.903 bits per heavy atom. The molecule has 0 atom stereocenters. The van der Waals surface area contributed by atoms with E-state index in [1.165, 1.54) is 10.4 Å². The van der Waals surface area contributed by atoms with Crippen molar-refractivity contribution in [2.45, 2.75) is 0 Å². The van der Waals surface area contributed by atoms with Crippen LogP contribution < -0.4 is 20.7 Å². The molecule has 0 fully saturated rings. The molecule has 1 aliphatic rings. The monoisotopic (exact) mass is 416 g/mol. The van der Waals surface area contributed by atoms with Gasteiger partial charge in [-0.15, -0.1) is 0 Å². The zero-order chi connectivity index (χ0) is 21.3. The zero-order valence-electron chi connectivity index (χ0n) is 16.9. The van der Waals surface area contributed by atoms with Crippen LogP contribution in [-0.2, 0) is 0 Å². The number of carbonyl (C=O) groups is 2. The quantitative estimate of drug-likeness (QED) is 0.333. The summed E-state index contributed by atoms with van der Waals surface area (Å²) >= 11 is 0. The maximum absolute atomic E-state index is 12.0. The molecule has 0 saturated carbocycles. The number of benzene rings is 4. The predicted octanol–water partition coefficient (Wildman–Crippen LogP) is 3.17. The number of rotatable bonds is 4. The van der Waals surface area contributed by atoms with E-state index in [4.69, 9.17) is 0 Å². The van der Waals surface area contributed by atoms with Gasteiger partial charge in [0.15, 0.2) is 20.6 Å². The summed E-state index contributed by atoms with van der Waals surface area (Å²) in [5, 5.41) is 4.76. The van der Waals surface area contributed by atoms with Crippen LogP contribution in [0.5, 0.6) is 0 Å². The third kappa shape index (κ3) is 2.86. The van der Waals surface area contributed by atoms with E-state index in [0.29, 0.717) is 11.1 Å². The Morgan fingerprint density at radius 1 is 0.484 bits per heavy atom. The van der Waals surface area contributed by atoms with Gasteiger partial charge in [-0.3, -0.25) is 9.59 Å². The third-order valence-corrected chi connectivity index (χ3v) is 11.1. The Bertz CT molecular complexity index is 1200. The molecule has 4 aromatic carbocycles. The molecule has 2 nitrogen and oxygen atoms in total. The molecule has 0 amide bonds. The molecule has 1 aliphatic heterocycles. The molecule has 4 aromatic rings. The second-order valence-corrected chi connectivity index (χ2v) is 11.4. The number of hydrogen-bond donors (Lipinski definition) is 0. The van der Waals surface area contributed by atoms with E-state index in [-0.39, 0.29) is 0 Å². The summed E-state index contributed by atoms with van der Waals surface area (Å²) < 4.78 is 0. The highest BCUT2D eigenvalue weighted by atomic mass is 28.3. The van der Waals surface area contributed by atoms with Gasteiger partial charge in [-0.2, -0.15) is 0 Å². The first kappa shape index (κ1) is 19.2. The summed E-state index contributed by atoms with van der Waals surface area (Å²) in [5.74, 6) is 0. The normalized spacial score (nSPS) is 13.5. The minimum Gasteiger partial charge on any atom is -0.298 e. The molecule has 0 spiro atoms. The minimum absolute atomic E-state index is 0.665. The van der Waals surface area contributed by atoms with E-state index in [2.05, 4.69) is 60.7 Å². The SMILES string of the molecule is O=Cc1cccc2c1C=Cc1c(C=O)cccc1[Si]2(c1ccccc1)c1ccccc1. The fraction of sp³-hybridized carbons (Fsp3) is 0. The largest absolute Gasteiger partial charge is 0.298 e. The number of carbonyl (C=O) groups excluding carboxylic acids is 2. The van der Waals surface area contributed by atoms with Crippen LogP contribution >= 0.6 is 0 Å². The van der Waals surface area contributed by atoms with Gasteiger partial charge in [0.25, 0.3) is 0 Å². The van der Waals surface area contributed by atoms with Crippen LogP contribution in [0.4, 0.5) is 0 Å². The number of hydrogen-bond acceptors (Lipinski definition) is 2. The summed E-state index contributed by atoms with van der Waals surface area (Å²) in [6.07, 6.45) is 5.86. The Labute approximate surface area is 182 Å². The lowest BCUT2D eigenvalue weighted by molar-refractivity contribution is 0.111. The Morgan fingerprint density at radius 3 is 1.29 bits per heavy atom. The van der Waals surface area contributed by atoms with Crippen LogP contribution in [0.2, 0.25) is 0 Å². The first-order chi connectivity index (χ1) is 15.3. The van der Waals surface area contributed by atoms with Crippen LogP contribution in [0, 0.1) is 0 Å². The van der Waals surface area contributed by atoms with Crippen LogP contribution in [0.15, 0.2) is 97.1 Å². The summed E-state index contributed by atoms with van der Waals surface area (Å²) in [4.78, 5) is 24.0. The molecule has 0 saturated heterocycles. The van der Waals surface area contributed by atoms with Crippen molar-refractivity contribution in [2.75, 3.05) is 0 Å². The summed E-state index contributed by atoms with van der Waals surface area (Å²) in [5.41, 5.74) is 3.20. The van der Waals surface area contributed by atoms with Gasteiger partial charge in [-0.25, -0.2) is 0 Å². The molecule has 0 bridgehead atoms. The number of aldehydes is 2. The van der Waals surface area contributed by atoms with Gasteiger partial charge in [0.05, 0.1) is 0 Å². The molecule has 148 valence electrons. The topological polar surface area (TPSA) is 34.1 Å². The van der Waals surface area contributed by atoms with E-state index in [0.717, 1.165) is 34.1 Å². The minimum atomic E-state index is -2.80. The van der Waals surface area contributed by atoms with E-state index in [9.17, 15) is 9.59 Å². The van der Waals surface area contributed by atoms with Gasteiger partial charge >= 0.3 is 0 Å². The van der Waals surface area contributed by atoms with Crippen LogP contribution in [0.25, 0.3) is 12.2 Å². The van der Waals surface area contributed by atoms with Crippen molar-refractivity contribution in [2.24, 2.45) is 0 Å². The fourth-order valence-electron chi connectivity index (χ4n) is 4.87. The molecule has 1 heterocycles. The van der Waals surface area contributed by atoms with E-state index >= 15 is 0 Å². The second-order valence-electron chi connectivity index (χ2n) is 7.67. The van der Waals surface area contributed by atoms with Gasteiger partial charge in [0.2, 0.25) is 0 Å². The van der Waals surface area contributed by atoms with Crippen LogP contribution in [-0.4, -0.2) is 20.6 Å². The smallest absolute Gasteiger partial charge is 0.180 e. The van der Waals surface area contributed by atoms with Gasteiger partial charge in [-0.05, 0) is 31.9 Å². The average molecular weight is 417 g/mol. The van der Waals surface area contributed by atoms with Crippen LogP contribution in [0.1, 0.15) is 31.8 Å². The van der Waals surface area contributed by atoms with Crippen molar-refractivity contribution < 1.29 is 9.59 Å². The molecule has 3 heteroatoms. The van der Waals surface area contributed by atoms with Gasteiger partial charge in [0, 0.05) is 11.1 Å². The van der Waals surface area contributed by atoms with Gasteiger partial charge < -0.3 is 0 Å². The lowest BCUT2D eigenvalue weighted by atomic mass is 10.0. The Kier molecular flexibility index (Phi) is 4.81. The maximum atomic E-state index is 12.0. The number of fused-ring (bicyclic) bond motifs is 2. The first-order valence-corrected chi connectivity index (χ1v) is 12.3. The van der Waals surface area contributed by atoms with Gasteiger partial charge in [-0.1, -0.05) is 109 Å². The highest BCUT2D eigenvalue weighted by Gasteiger charge is 2.45. The Hall–Kier alpha value is -3.82. The van der Waals surface area contributed by atoms with E-state index in [1.807, 2.05) is 48.6 Å². The summed E-state index contributed by atoms with van der Waals surface area (Å²) in [7, 11) is -2.80. The van der Waals surface area contributed by atoms with E-state index < -0.39 is 8.07 Å². The predicted molar refractivity (Wildman–Crippen MR) is 130 cm³/mol. The molecule has 0 radical (unpaired) electrons. The standard InChI is InChI=1S/C28H20O2Si/c29-19-21-9-7-15-27-25(21)17-18-26-22(20-30)10-8-16-28(26)31(27,23-11-3-1-4-12-23)24-13-5-2-6-14-24/h1-20H. The van der Waals surface area contributed by atoms with Crippen molar-refractivity contribution in [3.8, 4) is 0 Å². The second kappa shape index (κ2) is 7.78. The zero-order valence-corrected chi connectivity index (χ0v) is 17.9.